The van der Waals surface area contributed by atoms with Crippen LogP contribution in [0.2, 0.25) is 0 Å². The maximum Gasteiger partial charge on any atom is 0.0725 e. The second-order valence-electron chi connectivity index (χ2n) is 6.46. The van der Waals surface area contributed by atoms with Gasteiger partial charge in [0.2, 0.25) is 0 Å². The molecule has 0 spiro atoms. The van der Waals surface area contributed by atoms with Gasteiger partial charge in [-0.1, -0.05) is 44.4 Å². The smallest absolute Gasteiger partial charge is 0.0725 e. The minimum absolute atomic E-state index is 0.403. The summed E-state index contributed by atoms with van der Waals surface area (Å²) >= 11 is 0. The molecule has 1 aromatic rings. The predicted molar refractivity (Wildman–Crippen MR) is 77.9 cm³/mol. The van der Waals surface area contributed by atoms with Crippen molar-refractivity contribution in [2.45, 2.75) is 58.3 Å². The van der Waals surface area contributed by atoms with E-state index in [9.17, 15) is 0 Å². The van der Waals surface area contributed by atoms with E-state index in [0.29, 0.717) is 11.5 Å². The summed E-state index contributed by atoms with van der Waals surface area (Å²) in [4.78, 5) is 0. The number of benzene rings is 1. The molecule has 2 nitrogen and oxygen atoms in total. The van der Waals surface area contributed by atoms with E-state index in [0.717, 1.165) is 13.2 Å². The van der Waals surface area contributed by atoms with Gasteiger partial charge in [0.1, 0.15) is 0 Å². The first-order chi connectivity index (χ1) is 9.23. The van der Waals surface area contributed by atoms with Crippen LogP contribution in [0.15, 0.2) is 18.2 Å². The van der Waals surface area contributed by atoms with Crippen molar-refractivity contribution in [3.63, 3.8) is 0 Å². The van der Waals surface area contributed by atoms with E-state index in [2.05, 4.69) is 37.5 Å². The van der Waals surface area contributed by atoms with E-state index in [1.165, 1.54) is 48.8 Å². The van der Waals surface area contributed by atoms with Gasteiger partial charge in [0.25, 0.3) is 0 Å². The normalized spacial score (nSPS) is 23.1. The van der Waals surface area contributed by atoms with Gasteiger partial charge < -0.3 is 10.1 Å². The quantitative estimate of drug-likeness (QED) is 0.887. The SMILES string of the molecule is CNC(c1ccc2c(c1)COC2)C1(C)CCCCC1. The number of hydrogen-bond donors (Lipinski definition) is 1. The molecule has 1 N–H and O–H groups in total. The average Bonchev–Trinajstić information content (AvgIpc) is 2.87. The van der Waals surface area contributed by atoms with Crippen molar-refractivity contribution in [1.29, 1.82) is 0 Å². The van der Waals surface area contributed by atoms with E-state index in [1.807, 2.05) is 0 Å². The van der Waals surface area contributed by atoms with Crippen LogP contribution in [0.3, 0.4) is 0 Å². The first kappa shape index (κ1) is 13.1. The third-order valence-electron chi connectivity index (χ3n) is 5.06. The Labute approximate surface area is 116 Å². The van der Waals surface area contributed by atoms with Crippen molar-refractivity contribution in [2.24, 2.45) is 5.41 Å². The van der Waals surface area contributed by atoms with Crippen molar-refractivity contribution in [3.8, 4) is 0 Å². The topological polar surface area (TPSA) is 21.3 Å². The van der Waals surface area contributed by atoms with Crippen molar-refractivity contribution >= 4 is 0 Å². The Hall–Kier alpha value is -0.860. The molecule has 1 fully saturated rings. The van der Waals surface area contributed by atoms with Gasteiger partial charge >= 0.3 is 0 Å². The molecule has 1 atom stereocenters. The Morgan fingerprint density at radius 2 is 1.84 bits per heavy atom. The van der Waals surface area contributed by atoms with Gasteiger partial charge in [-0.2, -0.15) is 0 Å². The Bertz CT molecular complexity index is 449. The molecule has 3 rings (SSSR count). The lowest BCUT2D eigenvalue weighted by atomic mass is 9.68. The van der Waals surface area contributed by atoms with Crippen LogP contribution in [-0.2, 0) is 18.0 Å². The fourth-order valence-electron chi connectivity index (χ4n) is 3.94. The van der Waals surface area contributed by atoms with Gasteiger partial charge in [-0.15, -0.1) is 0 Å². The molecule has 1 aliphatic carbocycles. The Balaban J connectivity index is 1.89. The van der Waals surface area contributed by atoms with E-state index >= 15 is 0 Å². The second kappa shape index (κ2) is 5.26. The molecule has 0 aromatic heterocycles. The van der Waals surface area contributed by atoms with Crippen molar-refractivity contribution in [2.75, 3.05) is 7.05 Å². The average molecular weight is 259 g/mol. The molecule has 1 unspecified atom stereocenters. The first-order valence-electron chi connectivity index (χ1n) is 7.60. The molecule has 1 aliphatic heterocycles. The van der Waals surface area contributed by atoms with Gasteiger partial charge in [-0.3, -0.25) is 0 Å². The molecular weight excluding hydrogens is 234 g/mol. The summed E-state index contributed by atoms with van der Waals surface area (Å²) in [5.74, 6) is 0. The molecule has 2 heteroatoms. The van der Waals surface area contributed by atoms with E-state index in [4.69, 9.17) is 4.74 Å². The number of nitrogens with one attached hydrogen (secondary N) is 1. The fraction of sp³-hybridized carbons (Fsp3) is 0.647. The highest BCUT2D eigenvalue weighted by Gasteiger charge is 2.35. The van der Waals surface area contributed by atoms with Gasteiger partial charge in [0.15, 0.2) is 0 Å². The molecule has 0 amide bonds. The summed E-state index contributed by atoms with van der Waals surface area (Å²) in [5.41, 5.74) is 4.60. The zero-order valence-electron chi connectivity index (χ0n) is 12.2. The minimum Gasteiger partial charge on any atom is -0.372 e. The number of hydrogen-bond acceptors (Lipinski definition) is 2. The van der Waals surface area contributed by atoms with Crippen LogP contribution < -0.4 is 5.32 Å². The maximum atomic E-state index is 5.53. The molecule has 0 bridgehead atoms. The highest BCUT2D eigenvalue weighted by molar-refractivity contribution is 5.35. The van der Waals surface area contributed by atoms with Gasteiger partial charge in [-0.25, -0.2) is 0 Å². The largest absolute Gasteiger partial charge is 0.372 e. The fourth-order valence-corrected chi connectivity index (χ4v) is 3.94. The first-order valence-corrected chi connectivity index (χ1v) is 7.60. The predicted octanol–water partition coefficient (Wildman–Crippen LogP) is 3.95. The molecular formula is C17H25NO. The lowest BCUT2D eigenvalue weighted by molar-refractivity contribution is 0.134. The molecule has 0 saturated heterocycles. The maximum absolute atomic E-state index is 5.53. The van der Waals surface area contributed by atoms with Gasteiger partial charge in [0.05, 0.1) is 13.2 Å². The van der Waals surface area contributed by atoms with Crippen LogP contribution in [0.5, 0.6) is 0 Å². The van der Waals surface area contributed by atoms with Crippen LogP contribution in [-0.4, -0.2) is 7.05 Å². The number of ether oxygens (including phenoxy) is 1. The van der Waals surface area contributed by atoms with Crippen LogP contribution in [0.25, 0.3) is 0 Å². The molecule has 2 aliphatic rings. The molecule has 104 valence electrons. The lowest BCUT2D eigenvalue weighted by Crippen LogP contribution is -2.36. The number of fused-ring (bicyclic) bond motifs is 1. The molecule has 19 heavy (non-hydrogen) atoms. The third-order valence-corrected chi connectivity index (χ3v) is 5.06. The minimum atomic E-state index is 0.403. The Kier molecular flexibility index (Phi) is 3.64. The lowest BCUT2D eigenvalue weighted by Gasteiger charge is -2.41. The van der Waals surface area contributed by atoms with E-state index < -0.39 is 0 Å². The Morgan fingerprint density at radius 3 is 2.58 bits per heavy atom. The third kappa shape index (κ3) is 2.44. The summed E-state index contributed by atoms with van der Waals surface area (Å²) in [6, 6.07) is 7.39. The Morgan fingerprint density at radius 1 is 1.11 bits per heavy atom. The summed E-state index contributed by atoms with van der Waals surface area (Å²) in [6.07, 6.45) is 6.84. The van der Waals surface area contributed by atoms with Crippen molar-refractivity contribution in [3.05, 3.63) is 34.9 Å². The van der Waals surface area contributed by atoms with Crippen molar-refractivity contribution < 1.29 is 4.74 Å². The van der Waals surface area contributed by atoms with Gasteiger partial charge in [-0.05, 0) is 42.0 Å². The van der Waals surface area contributed by atoms with Crippen LogP contribution in [0.1, 0.15) is 61.8 Å². The summed E-state index contributed by atoms with van der Waals surface area (Å²) in [5, 5.41) is 3.58. The van der Waals surface area contributed by atoms with E-state index in [1.54, 1.807) is 0 Å². The second-order valence-corrected chi connectivity index (χ2v) is 6.46. The summed E-state index contributed by atoms with van der Waals surface area (Å²) in [6.45, 7) is 4.03. The van der Waals surface area contributed by atoms with Gasteiger partial charge in [0, 0.05) is 6.04 Å². The monoisotopic (exact) mass is 259 g/mol. The summed E-state index contributed by atoms with van der Waals surface area (Å²) < 4.78 is 5.53. The zero-order valence-corrected chi connectivity index (χ0v) is 12.2. The standard InChI is InChI=1S/C17H25NO/c1-17(8-4-3-5-9-17)16(18-2)13-6-7-14-11-19-12-15(14)10-13/h6-7,10,16,18H,3-5,8-9,11-12H2,1-2H3. The highest BCUT2D eigenvalue weighted by Crippen LogP contribution is 2.45. The van der Waals surface area contributed by atoms with Crippen LogP contribution >= 0.6 is 0 Å². The molecule has 0 radical (unpaired) electrons. The molecule has 1 aromatic carbocycles. The van der Waals surface area contributed by atoms with Crippen LogP contribution in [0.4, 0.5) is 0 Å². The zero-order chi connectivity index (χ0) is 13.3. The van der Waals surface area contributed by atoms with E-state index in [-0.39, 0.29) is 0 Å². The molecule has 1 heterocycles. The van der Waals surface area contributed by atoms with Crippen molar-refractivity contribution in [1.82, 2.24) is 5.32 Å². The number of rotatable bonds is 3. The van der Waals surface area contributed by atoms with Crippen LogP contribution in [0, 0.1) is 5.41 Å². The molecule has 1 saturated carbocycles. The highest BCUT2D eigenvalue weighted by atomic mass is 16.5. The summed E-state index contributed by atoms with van der Waals surface area (Å²) in [7, 11) is 2.11.